The first-order valence-electron chi connectivity index (χ1n) is 7.44. The molecule has 0 saturated carbocycles. The van der Waals surface area contributed by atoms with Gasteiger partial charge in [-0.1, -0.05) is 6.07 Å². The quantitative estimate of drug-likeness (QED) is 0.645. The molecule has 1 aliphatic rings. The van der Waals surface area contributed by atoms with Crippen LogP contribution in [0.1, 0.15) is 19.8 Å². The van der Waals surface area contributed by atoms with E-state index in [0.29, 0.717) is 24.0 Å². The number of para-hydroxylation sites is 1. The first-order chi connectivity index (χ1) is 10.1. The molecule has 1 unspecified atom stereocenters. The molecule has 0 amide bonds. The number of nitro groups is 1. The van der Waals surface area contributed by atoms with Gasteiger partial charge in [-0.15, -0.1) is 0 Å². The van der Waals surface area contributed by atoms with Crippen molar-refractivity contribution in [2.45, 2.75) is 19.8 Å². The average molecular weight is 293 g/mol. The van der Waals surface area contributed by atoms with Crippen LogP contribution in [0.2, 0.25) is 0 Å². The van der Waals surface area contributed by atoms with Crippen LogP contribution in [0.3, 0.4) is 0 Å². The second-order valence-corrected chi connectivity index (χ2v) is 5.49. The predicted molar refractivity (Wildman–Crippen MR) is 83.0 cm³/mol. The number of hydrogen-bond acceptors (Lipinski definition) is 5. The van der Waals surface area contributed by atoms with Crippen molar-refractivity contribution in [1.29, 1.82) is 0 Å². The van der Waals surface area contributed by atoms with Crippen molar-refractivity contribution in [3.63, 3.8) is 0 Å². The number of benzene rings is 1. The van der Waals surface area contributed by atoms with E-state index >= 15 is 0 Å². The summed E-state index contributed by atoms with van der Waals surface area (Å²) in [7, 11) is 2.12. The van der Waals surface area contributed by atoms with E-state index in [1.54, 1.807) is 18.2 Å². The van der Waals surface area contributed by atoms with E-state index in [2.05, 4.69) is 17.3 Å². The van der Waals surface area contributed by atoms with Gasteiger partial charge in [-0.3, -0.25) is 10.1 Å². The van der Waals surface area contributed by atoms with Gasteiger partial charge >= 0.3 is 5.69 Å². The Labute approximate surface area is 125 Å². The maximum Gasteiger partial charge on any atom is 0.333 e. The Hall–Kier alpha value is -1.82. The van der Waals surface area contributed by atoms with Crippen LogP contribution in [0.4, 0.5) is 11.4 Å². The smallest absolute Gasteiger partial charge is 0.333 e. The molecule has 21 heavy (non-hydrogen) atoms. The second kappa shape index (κ2) is 7.26. The zero-order chi connectivity index (χ0) is 15.2. The molecule has 0 radical (unpaired) electrons. The van der Waals surface area contributed by atoms with Crippen LogP contribution < -0.4 is 10.1 Å². The fraction of sp³-hybridized carbons (Fsp3) is 0.600. The molecule has 2 rings (SSSR count). The maximum absolute atomic E-state index is 11.3. The molecule has 1 N–H and O–H groups in total. The normalized spacial score (nSPS) is 19.2. The van der Waals surface area contributed by atoms with Crippen LogP contribution >= 0.6 is 0 Å². The van der Waals surface area contributed by atoms with Crippen molar-refractivity contribution in [3.05, 3.63) is 28.3 Å². The van der Waals surface area contributed by atoms with Gasteiger partial charge in [0.05, 0.1) is 11.5 Å². The molecule has 1 fully saturated rings. The highest BCUT2D eigenvalue weighted by molar-refractivity contribution is 5.68. The number of piperidine rings is 1. The predicted octanol–water partition coefficient (Wildman–Crippen LogP) is 2.75. The number of nitrogens with zero attached hydrogens (tertiary/aromatic N) is 2. The molecule has 6 heteroatoms. The highest BCUT2D eigenvalue weighted by Crippen LogP contribution is 2.35. The Balaban J connectivity index is 2.08. The number of rotatable bonds is 6. The standard InChI is InChI=1S/C15H23N3O3/c1-3-21-14-8-4-7-13(15(14)18(19)20)16-10-12-6-5-9-17(2)11-12/h4,7-8,12,16H,3,5-6,9-11H2,1-2H3. The van der Waals surface area contributed by atoms with E-state index in [9.17, 15) is 10.1 Å². The van der Waals surface area contributed by atoms with Crippen molar-refractivity contribution in [2.75, 3.05) is 38.6 Å². The molecule has 1 aromatic rings. The van der Waals surface area contributed by atoms with E-state index in [0.717, 1.165) is 26.1 Å². The molecular formula is C15H23N3O3. The average Bonchev–Trinajstić information content (AvgIpc) is 2.45. The van der Waals surface area contributed by atoms with Gasteiger partial charge in [0, 0.05) is 13.1 Å². The third kappa shape index (κ3) is 4.07. The molecule has 1 atom stereocenters. The number of anilines is 1. The van der Waals surface area contributed by atoms with E-state index in [4.69, 9.17) is 4.74 Å². The number of likely N-dealkylation sites (tertiary alicyclic amines) is 1. The van der Waals surface area contributed by atoms with Crippen molar-refractivity contribution in [1.82, 2.24) is 4.90 Å². The molecule has 1 saturated heterocycles. The summed E-state index contributed by atoms with van der Waals surface area (Å²) in [5.41, 5.74) is 0.572. The van der Waals surface area contributed by atoms with Gasteiger partial charge in [-0.25, -0.2) is 0 Å². The summed E-state index contributed by atoms with van der Waals surface area (Å²) < 4.78 is 5.36. The molecule has 0 aromatic heterocycles. The summed E-state index contributed by atoms with van der Waals surface area (Å²) in [6.07, 6.45) is 2.35. The molecule has 116 valence electrons. The van der Waals surface area contributed by atoms with Gasteiger partial charge < -0.3 is 15.0 Å². The van der Waals surface area contributed by atoms with Gasteiger partial charge in [0.2, 0.25) is 0 Å². The molecular weight excluding hydrogens is 270 g/mol. The monoisotopic (exact) mass is 293 g/mol. The number of nitro benzene ring substituents is 1. The Morgan fingerprint density at radius 1 is 1.52 bits per heavy atom. The largest absolute Gasteiger partial charge is 0.487 e. The third-order valence-electron chi connectivity index (χ3n) is 3.78. The van der Waals surface area contributed by atoms with Crippen molar-refractivity contribution < 1.29 is 9.66 Å². The van der Waals surface area contributed by atoms with Crippen LogP contribution in [-0.4, -0.2) is 43.1 Å². The SMILES string of the molecule is CCOc1cccc(NCC2CCCN(C)C2)c1[N+](=O)[O-]. The fourth-order valence-corrected chi connectivity index (χ4v) is 2.82. The highest BCUT2D eigenvalue weighted by Gasteiger charge is 2.22. The van der Waals surface area contributed by atoms with E-state index in [1.165, 1.54) is 6.42 Å². The summed E-state index contributed by atoms with van der Waals surface area (Å²) >= 11 is 0. The minimum Gasteiger partial charge on any atom is -0.487 e. The zero-order valence-electron chi connectivity index (χ0n) is 12.7. The lowest BCUT2D eigenvalue weighted by Gasteiger charge is -2.29. The first-order valence-corrected chi connectivity index (χ1v) is 7.44. The van der Waals surface area contributed by atoms with Gasteiger partial charge in [-0.05, 0) is 51.4 Å². The molecule has 0 spiro atoms. The van der Waals surface area contributed by atoms with Crippen molar-refractivity contribution in [2.24, 2.45) is 5.92 Å². The number of nitrogens with one attached hydrogen (secondary N) is 1. The summed E-state index contributed by atoms with van der Waals surface area (Å²) in [4.78, 5) is 13.2. The summed E-state index contributed by atoms with van der Waals surface area (Å²) in [6.45, 7) is 5.16. The van der Waals surface area contributed by atoms with Crippen molar-refractivity contribution in [3.8, 4) is 5.75 Å². The van der Waals surface area contributed by atoms with Gasteiger partial charge in [0.15, 0.2) is 5.75 Å². The molecule has 1 aliphatic heterocycles. The summed E-state index contributed by atoms with van der Waals surface area (Å²) in [5, 5.41) is 14.5. The van der Waals surface area contributed by atoms with Crippen LogP contribution in [0, 0.1) is 16.0 Å². The minimum atomic E-state index is -0.375. The van der Waals surface area contributed by atoms with Crippen LogP contribution in [0.15, 0.2) is 18.2 Å². The van der Waals surface area contributed by atoms with E-state index in [1.807, 2.05) is 6.92 Å². The van der Waals surface area contributed by atoms with Gasteiger partial charge in [-0.2, -0.15) is 0 Å². The first kappa shape index (κ1) is 15.6. The van der Waals surface area contributed by atoms with Gasteiger partial charge in [0.1, 0.15) is 5.69 Å². The lowest BCUT2D eigenvalue weighted by atomic mass is 9.98. The third-order valence-corrected chi connectivity index (χ3v) is 3.78. The summed E-state index contributed by atoms with van der Waals surface area (Å²) in [6, 6.07) is 5.17. The highest BCUT2D eigenvalue weighted by atomic mass is 16.6. The van der Waals surface area contributed by atoms with Crippen LogP contribution in [0.25, 0.3) is 0 Å². The molecule has 0 bridgehead atoms. The maximum atomic E-state index is 11.3. The van der Waals surface area contributed by atoms with Crippen molar-refractivity contribution >= 4 is 11.4 Å². The molecule has 0 aliphatic carbocycles. The number of hydrogen-bond donors (Lipinski definition) is 1. The van der Waals surface area contributed by atoms with Crippen LogP contribution in [0.5, 0.6) is 5.75 Å². The Kier molecular flexibility index (Phi) is 5.38. The minimum absolute atomic E-state index is 0.0310. The van der Waals surface area contributed by atoms with Gasteiger partial charge in [0.25, 0.3) is 0 Å². The Morgan fingerprint density at radius 3 is 3.00 bits per heavy atom. The lowest BCUT2D eigenvalue weighted by molar-refractivity contribution is -0.384. The number of ether oxygens (including phenoxy) is 1. The molecule has 6 nitrogen and oxygen atoms in total. The zero-order valence-corrected chi connectivity index (χ0v) is 12.7. The topological polar surface area (TPSA) is 67.6 Å². The van der Waals surface area contributed by atoms with Crippen LogP contribution in [-0.2, 0) is 0 Å². The fourth-order valence-electron chi connectivity index (χ4n) is 2.82. The Bertz CT molecular complexity index is 493. The van der Waals surface area contributed by atoms with E-state index < -0.39 is 0 Å². The molecule has 1 heterocycles. The van der Waals surface area contributed by atoms with E-state index in [-0.39, 0.29) is 10.6 Å². The second-order valence-electron chi connectivity index (χ2n) is 5.49. The lowest BCUT2D eigenvalue weighted by Crippen LogP contribution is -2.35. The summed E-state index contributed by atoms with van der Waals surface area (Å²) in [5.74, 6) is 0.854. The molecule has 1 aromatic carbocycles. The Morgan fingerprint density at radius 2 is 2.33 bits per heavy atom.